The molecular formula is C27H31N5O3. The predicted octanol–water partition coefficient (Wildman–Crippen LogP) is 3.59. The van der Waals surface area contributed by atoms with Crippen LogP contribution in [0.3, 0.4) is 0 Å². The van der Waals surface area contributed by atoms with Crippen molar-refractivity contribution in [1.29, 1.82) is 0 Å². The van der Waals surface area contributed by atoms with Crippen molar-refractivity contribution in [3.05, 3.63) is 82.7 Å². The lowest BCUT2D eigenvalue weighted by Crippen LogP contribution is -2.43. The molecule has 182 valence electrons. The number of hydrogen-bond donors (Lipinski definition) is 1. The second-order valence-electron chi connectivity index (χ2n) is 9.48. The largest absolute Gasteiger partial charge is 0.365 e. The number of aromatic nitrogens is 3. The van der Waals surface area contributed by atoms with E-state index in [4.69, 9.17) is 4.74 Å². The molecule has 0 saturated carbocycles. The maximum absolute atomic E-state index is 13.2. The van der Waals surface area contributed by atoms with Gasteiger partial charge in [-0.1, -0.05) is 65.4 Å². The lowest BCUT2D eigenvalue weighted by molar-refractivity contribution is -0.127. The molecule has 2 aliphatic rings. The number of amides is 2. The number of rotatable bonds is 5. The number of benzene rings is 2. The summed E-state index contributed by atoms with van der Waals surface area (Å²) >= 11 is 0. The van der Waals surface area contributed by atoms with Gasteiger partial charge in [-0.05, 0) is 37.8 Å². The minimum atomic E-state index is -0.139. The number of nitrogens with one attached hydrogen (secondary N) is 1. The van der Waals surface area contributed by atoms with E-state index in [0.717, 1.165) is 16.8 Å². The summed E-state index contributed by atoms with van der Waals surface area (Å²) in [5.74, 6) is -0.192. The summed E-state index contributed by atoms with van der Waals surface area (Å²) in [5, 5.41) is 11.6. The first-order valence-corrected chi connectivity index (χ1v) is 12.2. The average Bonchev–Trinajstić information content (AvgIpc) is 3.32. The van der Waals surface area contributed by atoms with Gasteiger partial charge in [0, 0.05) is 19.0 Å². The molecule has 0 spiro atoms. The van der Waals surface area contributed by atoms with Gasteiger partial charge < -0.3 is 15.0 Å². The summed E-state index contributed by atoms with van der Waals surface area (Å²) in [7, 11) is 0. The van der Waals surface area contributed by atoms with Crippen LogP contribution in [0, 0.1) is 12.8 Å². The normalized spacial score (nSPS) is 19.1. The fourth-order valence-electron chi connectivity index (χ4n) is 4.81. The number of hydrogen-bond acceptors (Lipinski definition) is 5. The highest BCUT2D eigenvalue weighted by Crippen LogP contribution is 2.28. The van der Waals surface area contributed by atoms with Crippen molar-refractivity contribution in [2.45, 2.75) is 52.0 Å². The molecule has 1 saturated heterocycles. The molecule has 8 nitrogen and oxygen atoms in total. The Balaban J connectivity index is 1.17. The van der Waals surface area contributed by atoms with E-state index >= 15 is 0 Å². The van der Waals surface area contributed by atoms with Gasteiger partial charge in [0.15, 0.2) is 5.69 Å². The van der Waals surface area contributed by atoms with E-state index in [9.17, 15) is 9.59 Å². The van der Waals surface area contributed by atoms with Gasteiger partial charge >= 0.3 is 0 Å². The second kappa shape index (κ2) is 10.00. The van der Waals surface area contributed by atoms with E-state index in [1.165, 1.54) is 5.56 Å². The standard InChI is InChI=1S/C27H31N5O3/c1-18-8-10-21(11-9-18)24-16-32-23(17-35-24)25(29-30-32)27(34)31-14-12-22(13-15-31)26(33)28-19(2)20-6-4-3-5-7-20/h3-11,19,22,24H,12-17H2,1-2H3,(H,28,33)/t19-,24-/m0/s1. The third-order valence-electron chi connectivity index (χ3n) is 7.06. The Hall–Kier alpha value is -3.52. The molecule has 0 unspecified atom stereocenters. The van der Waals surface area contributed by atoms with Gasteiger partial charge in [-0.3, -0.25) is 9.59 Å². The fraction of sp³-hybridized carbons (Fsp3) is 0.407. The topological polar surface area (TPSA) is 89.4 Å². The van der Waals surface area contributed by atoms with Gasteiger partial charge in [0.25, 0.3) is 5.91 Å². The highest BCUT2D eigenvalue weighted by molar-refractivity contribution is 5.93. The smallest absolute Gasteiger partial charge is 0.276 e. The van der Waals surface area contributed by atoms with E-state index in [1.807, 2.05) is 37.3 Å². The molecule has 1 aromatic heterocycles. The zero-order valence-electron chi connectivity index (χ0n) is 20.2. The zero-order chi connectivity index (χ0) is 24.4. The van der Waals surface area contributed by atoms with Gasteiger partial charge in [0.1, 0.15) is 6.10 Å². The molecule has 2 amide bonds. The van der Waals surface area contributed by atoms with Crippen molar-refractivity contribution in [2.24, 2.45) is 5.92 Å². The van der Waals surface area contributed by atoms with Gasteiger partial charge in [-0.2, -0.15) is 0 Å². The number of ether oxygens (including phenoxy) is 1. The van der Waals surface area contributed by atoms with Gasteiger partial charge in [-0.15, -0.1) is 5.10 Å². The highest BCUT2D eigenvalue weighted by Gasteiger charge is 2.33. The maximum atomic E-state index is 13.2. The molecule has 0 bridgehead atoms. The number of aryl methyl sites for hydroxylation is 1. The van der Waals surface area contributed by atoms with Gasteiger partial charge in [-0.25, -0.2) is 4.68 Å². The molecule has 1 fully saturated rings. The molecule has 3 aromatic rings. The fourth-order valence-corrected chi connectivity index (χ4v) is 4.81. The van der Waals surface area contributed by atoms with Crippen LogP contribution in [0.1, 0.15) is 64.8 Å². The van der Waals surface area contributed by atoms with E-state index in [0.29, 0.717) is 44.8 Å². The molecule has 5 rings (SSSR count). The SMILES string of the molecule is Cc1ccc([C@@H]2Cn3nnc(C(=O)N4CCC(C(=O)N[C@@H](C)c5ccccc5)CC4)c3CO2)cc1. The van der Waals surface area contributed by atoms with Crippen LogP contribution in [-0.4, -0.2) is 44.8 Å². The van der Waals surface area contributed by atoms with E-state index < -0.39 is 0 Å². The molecule has 2 aliphatic heterocycles. The molecule has 2 aromatic carbocycles. The van der Waals surface area contributed by atoms with Crippen molar-refractivity contribution in [2.75, 3.05) is 13.1 Å². The number of piperidine rings is 1. The first-order valence-electron chi connectivity index (χ1n) is 12.2. The van der Waals surface area contributed by atoms with E-state index in [1.54, 1.807) is 9.58 Å². The third-order valence-corrected chi connectivity index (χ3v) is 7.06. The van der Waals surface area contributed by atoms with Crippen molar-refractivity contribution >= 4 is 11.8 Å². The minimum Gasteiger partial charge on any atom is -0.365 e. The predicted molar refractivity (Wildman–Crippen MR) is 130 cm³/mol. The molecule has 35 heavy (non-hydrogen) atoms. The Morgan fingerprint density at radius 1 is 1.06 bits per heavy atom. The Morgan fingerprint density at radius 2 is 1.77 bits per heavy atom. The van der Waals surface area contributed by atoms with Crippen LogP contribution in [0.5, 0.6) is 0 Å². The Kier molecular flexibility index (Phi) is 6.63. The first kappa shape index (κ1) is 23.2. The van der Waals surface area contributed by atoms with Gasteiger partial charge in [0.2, 0.25) is 5.91 Å². The van der Waals surface area contributed by atoms with Crippen LogP contribution >= 0.6 is 0 Å². The van der Waals surface area contributed by atoms with Crippen LogP contribution in [0.15, 0.2) is 54.6 Å². The average molecular weight is 474 g/mol. The highest BCUT2D eigenvalue weighted by atomic mass is 16.5. The van der Waals surface area contributed by atoms with E-state index in [-0.39, 0.29) is 29.9 Å². The molecule has 0 aliphatic carbocycles. The monoisotopic (exact) mass is 473 g/mol. The lowest BCUT2D eigenvalue weighted by atomic mass is 9.95. The lowest BCUT2D eigenvalue weighted by Gasteiger charge is -2.32. The minimum absolute atomic E-state index is 0.0461. The quantitative estimate of drug-likeness (QED) is 0.612. The van der Waals surface area contributed by atoms with Crippen LogP contribution in [0.4, 0.5) is 0 Å². The molecule has 1 N–H and O–H groups in total. The Morgan fingerprint density at radius 3 is 2.49 bits per heavy atom. The zero-order valence-corrected chi connectivity index (χ0v) is 20.2. The van der Waals surface area contributed by atoms with Crippen LogP contribution < -0.4 is 5.32 Å². The first-order chi connectivity index (χ1) is 17.0. The Labute approximate surface area is 205 Å². The van der Waals surface area contributed by atoms with Crippen molar-refractivity contribution < 1.29 is 14.3 Å². The molecule has 0 radical (unpaired) electrons. The number of fused-ring (bicyclic) bond motifs is 1. The number of carbonyl (C=O) groups excluding carboxylic acids is 2. The maximum Gasteiger partial charge on any atom is 0.276 e. The Bertz CT molecular complexity index is 1180. The van der Waals surface area contributed by atoms with Crippen LogP contribution in [0.2, 0.25) is 0 Å². The molecule has 3 heterocycles. The molecular weight excluding hydrogens is 442 g/mol. The number of nitrogens with zero attached hydrogens (tertiary/aromatic N) is 4. The summed E-state index contributed by atoms with van der Waals surface area (Å²) in [6.07, 6.45) is 1.16. The summed E-state index contributed by atoms with van der Waals surface area (Å²) in [6.45, 7) is 5.92. The summed E-state index contributed by atoms with van der Waals surface area (Å²) in [6, 6.07) is 18.1. The van der Waals surface area contributed by atoms with Crippen molar-refractivity contribution in [3.8, 4) is 0 Å². The summed E-state index contributed by atoms with van der Waals surface area (Å²) in [4.78, 5) is 27.8. The molecule has 2 atom stereocenters. The van der Waals surface area contributed by atoms with Crippen molar-refractivity contribution in [3.63, 3.8) is 0 Å². The van der Waals surface area contributed by atoms with E-state index in [2.05, 4.69) is 46.8 Å². The summed E-state index contributed by atoms with van der Waals surface area (Å²) < 4.78 is 7.85. The third kappa shape index (κ3) is 4.98. The van der Waals surface area contributed by atoms with Crippen LogP contribution in [0.25, 0.3) is 0 Å². The summed E-state index contributed by atoms with van der Waals surface area (Å²) in [5.41, 5.74) is 4.44. The molecule has 8 heteroatoms. The van der Waals surface area contributed by atoms with Gasteiger partial charge in [0.05, 0.1) is 24.9 Å². The number of likely N-dealkylation sites (tertiary alicyclic amines) is 1. The van der Waals surface area contributed by atoms with Crippen molar-refractivity contribution in [1.82, 2.24) is 25.2 Å². The second-order valence-corrected chi connectivity index (χ2v) is 9.48. The number of carbonyl (C=O) groups is 2. The van der Waals surface area contributed by atoms with Crippen LogP contribution in [-0.2, 0) is 22.7 Å².